The van der Waals surface area contributed by atoms with Gasteiger partial charge >= 0.3 is 7.60 Å². The van der Waals surface area contributed by atoms with Crippen LogP contribution < -0.4 is 9.05 Å². The zero-order chi connectivity index (χ0) is 35.3. The predicted octanol–water partition coefficient (Wildman–Crippen LogP) is 13.1. The van der Waals surface area contributed by atoms with Crippen LogP contribution in [0, 0.1) is 11.3 Å². The van der Waals surface area contributed by atoms with Crippen molar-refractivity contribution in [3.63, 3.8) is 0 Å². The summed E-state index contributed by atoms with van der Waals surface area (Å²) in [5.41, 5.74) is 4.27. The van der Waals surface area contributed by atoms with Crippen LogP contribution in [0.2, 0.25) is 0 Å². The first kappa shape index (κ1) is 37.9. The van der Waals surface area contributed by atoms with Gasteiger partial charge in [-0.05, 0) is 61.8 Å². The zero-order valence-corrected chi connectivity index (χ0v) is 33.0. The van der Waals surface area contributed by atoms with Crippen molar-refractivity contribution >= 4 is 7.60 Å². The normalized spacial score (nSPS) is 15.1. The van der Waals surface area contributed by atoms with Crippen LogP contribution in [-0.4, -0.2) is 0 Å². The van der Waals surface area contributed by atoms with Gasteiger partial charge in [0.1, 0.15) is 16.7 Å². The Bertz CT molecular complexity index is 1470. The maximum Gasteiger partial charge on any atom is 0.442 e. The average molecular weight is 647 g/mol. The predicted molar refractivity (Wildman–Crippen MR) is 199 cm³/mol. The molecule has 0 aliphatic carbocycles. The van der Waals surface area contributed by atoms with Gasteiger partial charge in [0.25, 0.3) is 0 Å². The van der Waals surface area contributed by atoms with Gasteiger partial charge in [-0.3, -0.25) is 0 Å². The molecule has 1 atom stereocenters. The van der Waals surface area contributed by atoms with Crippen LogP contribution >= 0.6 is 7.60 Å². The molecule has 46 heavy (non-hydrogen) atoms. The largest absolute Gasteiger partial charge is 0.442 e. The Labute approximate surface area is 282 Å². The van der Waals surface area contributed by atoms with E-state index in [2.05, 4.69) is 154 Å². The summed E-state index contributed by atoms with van der Waals surface area (Å²) in [6.45, 7) is 37.2. The molecule has 254 valence electrons. The van der Waals surface area contributed by atoms with Gasteiger partial charge in [-0.25, -0.2) is 4.57 Å². The third kappa shape index (κ3) is 7.46. The molecule has 0 bridgehead atoms. The molecule has 0 amide bonds. The third-order valence-electron chi connectivity index (χ3n) is 9.37. The quantitative estimate of drug-likeness (QED) is 0.240. The van der Waals surface area contributed by atoms with Crippen LogP contribution in [0.15, 0.2) is 66.7 Å². The average Bonchev–Trinajstić information content (AvgIpc) is 2.86. The lowest BCUT2D eigenvalue weighted by atomic mass is 9.69. The number of benzene rings is 3. The summed E-state index contributed by atoms with van der Waals surface area (Å²) in [5.74, 6) is 1.12. The second-order valence-corrected chi connectivity index (χ2v) is 20.7. The number of hydrogen-bond donors (Lipinski definition) is 0. The van der Waals surface area contributed by atoms with Gasteiger partial charge in [-0.1, -0.05) is 172 Å². The van der Waals surface area contributed by atoms with E-state index in [1.807, 2.05) is 30.3 Å². The molecule has 0 aliphatic heterocycles. The van der Waals surface area contributed by atoms with Crippen molar-refractivity contribution in [2.75, 3.05) is 0 Å². The van der Waals surface area contributed by atoms with Gasteiger partial charge in [0.05, 0.1) is 0 Å². The van der Waals surface area contributed by atoms with Crippen LogP contribution in [0.5, 0.6) is 11.5 Å². The van der Waals surface area contributed by atoms with Gasteiger partial charge in [0, 0.05) is 11.1 Å². The van der Waals surface area contributed by atoms with Crippen LogP contribution in [0.3, 0.4) is 0 Å². The van der Waals surface area contributed by atoms with E-state index >= 15 is 4.57 Å². The molecule has 0 fully saturated rings. The summed E-state index contributed by atoms with van der Waals surface area (Å²) in [5, 5.41) is -1.00. The van der Waals surface area contributed by atoms with E-state index in [9.17, 15) is 0 Å². The fourth-order valence-electron chi connectivity index (χ4n) is 6.96. The number of rotatable bonds is 7. The highest BCUT2D eigenvalue weighted by atomic mass is 31.2. The first-order valence-corrected chi connectivity index (χ1v) is 18.6. The fourth-order valence-corrected chi connectivity index (χ4v) is 10.0. The molecule has 0 spiro atoms. The minimum atomic E-state index is -4.11. The fraction of sp³-hybridized carbons (Fsp3) is 0.571. The van der Waals surface area contributed by atoms with Crippen molar-refractivity contribution < 1.29 is 13.6 Å². The van der Waals surface area contributed by atoms with Gasteiger partial charge in [-0.2, -0.15) is 0 Å². The van der Waals surface area contributed by atoms with Crippen molar-refractivity contribution in [3.05, 3.63) is 94.5 Å². The number of hydrogen-bond acceptors (Lipinski definition) is 3. The molecular formula is C42H63O3P. The first-order chi connectivity index (χ1) is 20.7. The molecule has 0 aliphatic rings. The second kappa shape index (κ2) is 12.5. The van der Waals surface area contributed by atoms with Crippen molar-refractivity contribution in [3.8, 4) is 11.5 Å². The second-order valence-electron chi connectivity index (χ2n) is 18.6. The van der Waals surface area contributed by atoms with Gasteiger partial charge in [0.15, 0.2) is 0 Å². The maximum atomic E-state index is 16.5. The van der Waals surface area contributed by atoms with Crippen LogP contribution in [0.25, 0.3) is 0 Å². The smallest absolute Gasteiger partial charge is 0.415 e. The summed E-state index contributed by atoms with van der Waals surface area (Å²) < 4.78 is 30.8. The van der Waals surface area contributed by atoms with Crippen LogP contribution in [0.4, 0.5) is 0 Å². The molecule has 1 unspecified atom stereocenters. The summed E-state index contributed by atoms with van der Waals surface area (Å²) in [6.07, 6.45) is 0. The molecule has 3 aromatic rings. The van der Waals surface area contributed by atoms with Crippen molar-refractivity contribution in [1.29, 1.82) is 0 Å². The Balaban J connectivity index is 2.50. The Morgan fingerprint density at radius 3 is 1.15 bits per heavy atom. The molecular weight excluding hydrogens is 583 g/mol. The van der Waals surface area contributed by atoms with E-state index in [1.54, 1.807) is 0 Å². The molecule has 0 aromatic heterocycles. The maximum absolute atomic E-state index is 16.5. The molecule has 3 rings (SSSR count). The molecule has 0 saturated carbocycles. The summed E-state index contributed by atoms with van der Waals surface area (Å²) in [6, 6.07) is 23.0. The monoisotopic (exact) mass is 646 g/mol. The SMILES string of the molecule is CC(C)C(c1ccccc1)(C(C)(C)C)P(=O)(Oc1ccc(C(C)(C)C)cc1C(C)(C)C)Oc1ccc(C(C)(C)C)cc1C(C)(C)C. The van der Waals surface area contributed by atoms with Crippen LogP contribution in [-0.2, 0) is 31.4 Å². The van der Waals surface area contributed by atoms with E-state index in [-0.39, 0.29) is 27.6 Å². The van der Waals surface area contributed by atoms with E-state index in [4.69, 9.17) is 9.05 Å². The lowest BCUT2D eigenvalue weighted by Crippen LogP contribution is -2.47. The Hall–Kier alpha value is -2.51. The molecule has 0 heterocycles. The third-order valence-corrected chi connectivity index (χ3v) is 12.6. The van der Waals surface area contributed by atoms with Gasteiger partial charge in [0.2, 0.25) is 0 Å². The highest BCUT2D eigenvalue weighted by molar-refractivity contribution is 7.56. The lowest BCUT2D eigenvalue weighted by molar-refractivity contribution is 0.168. The minimum Gasteiger partial charge on any atom is -0.415 e. The van der Waals surface area contributed by atoms with Crippen LogP contribution in [0.1, 0.15) is 146 Å². The summed E-state index contributed by atoms with van der Waals surface area (Å²) in [4.78, 5) is 0. The molecule has 0 N–H and O–H groups in total. The topological polar surface area (TPSA) is 35.5 Å². The highest BCUT2D eigenvalue weighted by Crippen LogP contribution is 2.73. The Morgan fingerprint density at radius 1 is 0.500 bits per heavy atom. The molecule has 3 nitrogen and oxygen atoms in total. The first-order valence-electron chi connectivity index (χ1n) is 17.0. The standard InChI is InChI=1S/C42H63O3P/c1-29(2)42(41(15,16)17,30-21-19-18-20-22-30)46(43,44-35-25-23-31(37(3,4)5)27-33(35)39(9,10)11)45-36-26-24-32(38(6,7)8)28-34(36)40(12,13)14/h18-29H,1-17H3. The minimum absolute atomic E-state index is 0.0493. The van der Waals surface area contributed by atoms with E-state index in [0.29, 0.717) is 11.5 Å². The Morgan fingerprint density at radius 2 is 0.870 bits per heavy atom. The van der Waals surface area contributed by atoms with E-state index in [1.165, 1.54) is 11.1 Å². The van der Waals surface area contributed by atoms with E-state index in [0.717, 1.165) is 16.7 Å². The molecule has 3 aromatic carbocycles. The van der Waals surface area contributed by atoms with Crippen molar-refractivity contribution in [2.45, 2.75) is 145 Å². The Kier molecular flexibility index (Phi) is 10.3. The van der Waals surface area contributed by atoms with Gasteiger partial charge in [-0.15, -0.1) is 0 Å². The van der Waals surface area contributed by atoms with Crippen molar-refractivity contribution in [1.82, 2.24) is 0 Å². The lowest BCUT2D eigenvalue weighted by Gasteiger charge is -2.50. The van der Waals surface area contributed by atoms with Gasteiger partial charge < -0.3 is 9.05 Å². The van der Waals surface area contributed by atoms with E-state index < -0.39 is 18.2 Å². The zero-order valence-electron chi connectivity index (χ0n) is 32.1. The summed E-state index contributed by atoms with van der Waals surface area (Å²) >= 11 is 0. The van der Waals surface area contributed by atoms with Crippen molar-refractivity contribution in [2.24, 2.45) is 11.3 Å². The summed E-state index contributed by atoms with van der Waals surface area (Å²) in [7, 11) is -4.11. The molecule has 4 heteroatoms. The highest BCUT2D eigenvalue weighted by Gasteiger charge is 2.64. The molecule has 0 radical (unpaired) electrons. The molecule has 0 saturated heterocycles.